The van der Waals surface area contributed by atoms with Crippen LogP contribution < -0.4 is 0 Å². The highest BCUT2D eigenvalue weighted by Gasteiger charge is 2.05. The maximum absolute atomic E-state index is 12.8. The van der Waals surface area contributed by atoms with E-state index in [9.17, 15) is 9.50 Å². The highest BCUT2D eigenvalue weighted by Crippen LogP contribution is 2.13. The number of aryl methyl sites for hydroxylation is 1. The van der Waals surface area contributed by atoms with Crippen molar-refractivity contribution < 1.29 is 9.50 Å². The van der Waals surface area contributed by atoms with E-state index in [0.717, 1.165) is 11.1 Å². The molecule has 0 spiro atoms. The summed E-state index contributed by atoms with van der Waals surface area (Å²) in [5, 5.41) is 9.40. The Morgan fingerprint density at radius 1 is 1.46 bits per heavy atom. The number of aliphatic hydroxyl groups is 1. The molecule has 1 unspecified atom stereocenters. The minimum atomic E-state index is -0.361. The van der Waals surface area contributed by atoms with Gasteiger partial charge in [0.2, 0.25) is 0 Å². The molecule has 0 heterocycles. The van der Waals surface area contributed by atoms with Gasteiger partial charge in [-0.3, -0.25) is 0 Å². The fourth-order valence-electron chi connectivity index (χ4n) is 1.26. The lowest BCUT2D eigenvalue weighted by Gasteiger charge is -2.10. The van der Waals surface area contributed by atoms with E-state index in [2.05, 4.69) is 0 Å². The third-order valence-corrected chi connectivity index (χ3v) is 2.24. The number of halogens is 1. The van der Waals surface area contributed by atoms with Gasteiger partial charge in [0, 0.05) is 0 Å². The van der Waals surface area contributed by atoms with Gasteiger partial charge in [-0.25, -0.2) is 4.39 Å². The van der Waals surface area contributed by atoms with Crippen LogP contribution in [0.5, 0.6) is 0 Å². The zero-order valence-corrected chi connectivity index (χ0v) is 8.05. The predicted octanol–water partition coefficient (Wildman–Crippen LogP) is 2.45. The highest BCUT2D eigenvalue weighted by atomic mass is 19.1. The maximum atomic E-state index is 12.8. The molecule has 0 saturated carbocycles. The van der Waals surface area contributed by atoms with Gasteiger partial charge in [0.1, 0.15) is 5.82 Å². The van der Waals surface area contributed by atoms with Crippen LogP contribution in [0.2, 0.25) is 0 Å². The summed E-state index contributed by atoms with van der Waals surface area (Å²) in [4.78, 5) is 0. The molecular formula is C11H15FO. The Balaban J connectivity index is 2.81. The van der Waals surface area contributed by atoms with Crippen molar-refractivity contribution in [3.05, 3.63) is 35.1 Å². The fraction of sp³-hybridized carbons (Fsp3) is 0.455. The molecule has 0 radical (unpaired) electrons. The quantitative estimate of drug-likeness (QED) is 0.761. The minimum absolute atomic E-state index is 0.232. The van der Waals surface area contributed by atoms with Crippen LogP contribution in [-0.2, 0) is 6.42 Å². The number of hydrogen-bond donors (Lipinski definition) is 1. The zero-order valence-electron chi connectivity index (χ0n) is 8.05. The molecule has 0 fully saturated rings. The Bertz CT molecular complexity index is 283. The summed E-state index contributed by atoms with van der Waals surface area (Å²) in [5.74, 6) is -0.232. The molecule has 1 atom stereocenters. The first-order valence-corrected chi connectivity index (χ1v) is 4.56. The molecule has 13 heavy (non-hydrogen) atoms. The Kier molecular flexibility index (Phi) is 3.43. The van der Waals surface area contributed by atoms with Gasteiger partial charge in [0.25, 0.3) is 0 Å². The van der Waals surface area contributed by atoms with E-state index in [1.54, 1.807) is 6.07 Å². The summed E-state index contributed by atoms with van der Waals surface area (Å²) in [5.41, 5.74) is 1.93. The van der Waals surface area contributed by atoms with E-state index in [1.807, 2.05) is 13.8 Å². The number of aliphatic hydroxyl groups excluding tert-OH is 1. The van der Waals surface area contributed by atoms with Crippen LogP contribution in [0.1, 0.15) is 24.5 Å². The van der Waals surface area contributed by atoms with Crippen molar-refractivity contribution in [2.75, 3.05) is 0 Å². The fourth-order valence-corrected chi connectivity index (χ4v) is 1.26. The van der Waals surface area contributed by atoms with Crippen molar-refractivity contribution in [2.45, 2.75) is 32.8 Å². The standard InChI is InChI=1S/C11H15FO/c1-3-11(13)7-9-6-10(12)5-4-8(9)2/h4-6,11,13H,3,7H2,1-2H3. The molecule has 1 aromatic carbocycles. The molecule has 1 nitrogen and oxygen atoms in total. The lowest BCUT2D eigenvalue weighted by atomic mass is 10.0. The van der Waals surface area contributed by atoms with Crippen molar-refractivity contribution >= 4 is 0 Å². The summed E-state index contributed by atoms with van der Waals surface area (Å²) in [6, 6.07) is 4.68. The van der Waals surface area contributed by atoms with Gasteiger partial charge in [0.05, 0.1) is 6.10 Å². The second-order valence-electron chi connectivity index (χ2n) is 3.34. The normalized spacial score (nSPS) is 12.9. The number of hydrogen-bond acceptors (Lipinski definition) is 1. The van der Waals surface area contributed by atoms with E-state index in [0.29, 0.717) is 12.8 Å². The summed E-state index contributed by atoms with van der Waals surface area (Å²) < 4.78 is 12.8. The van der Waals surface area contributed by atoms with E-state index in [4.69, 9.17) is 0 Å². The van der Waals surface area contributed by atoms with Crippen LogP contribution in [-0.4, -0.2) is 11.2 Å². The van der Waals surface area contributed by atoms with Crippen molar-refractivity contribution in [3.63, 3.8) is 0 Å². The molecule has 0 amide bonds. The SMILES string of the molecule is CCC(O)Cc1cc(F)ccc1C. The van der Waals surface area contributed by atoms with Crippen molar-refractivity contribution in [1.82, 2.24) is 0 Å². The average molecular weight is 182 g/mol. The molecule has 0 bridgehead atoms. The Morgan fingerprint density at radius 3 is 2.77 bits per heavy atom. The third-order valence-electron chi connectivity index (χ3n) is 2.24. The van der Waals surface area contributed by atoms with E-state index in [1.165, 1.54) is 12.1 Å². The summed E-state index contributed by atoms with van der Waals surface area (Å²) in [7, 11) is 0. The summed E-state index contributed by atoms with van der Waals surface area (Å²) in [6.45, 7) is 3.84. The second kappa shape index (κ2) is 4.38. The van der Waals surface area contributed by atoms with Gasteiger partial charge in [-0.2, -0.15) is 0 Å². The van der Waals surface area contributed by atoms with Gasteiger partial charge in [-0.15, -0.1) is 0 Å². The third kappa shape index (κ3) is 2.81. The van der Waals surface area contributed by atoms with Crippen LogP contribution in [0.4, 0.5) is 4.39 Å². The second-order valence-corrected chi connectivity index (χ2v) is 3.34. The molecule has 72 valence electrons. The molecule has 0 aliphatic heterocycles. The van der Waals surface area contributed by atoms with Crippen LogP contribution in [0.15, 0.2) is 18.2 Å². The number of benzene rings is 1. The predicted molar refractivity (Wildman–Crippen MR) is 51.1 cm³/mol. The molecule has 0 saturated heterocycles. The molecule has 1 N–H and O–H groups in total. The summed E-state index contributed by atoms with van der Waals surface area (Å²) in [6.07, 6.45) is 0.885. The Morgan fingerprint density at radius 2 is 2.15 bits per heavy atom. The smallest absolute Gasteiger partial charge is 0.123 e. The lowest BCUT2D eigenvalue weighted by Crippen LogP contribution is -2.09. The Hall–Kier alpha value is -0.890. The molecule has 0 aliphatic carbocycles. The van der Waals surface area contributed by atoms with Crippen LogP contribution >= 0.6 is 0 Å². The number of rotatable bonds is 3. The molecule has 0 aromatic heterocycles. The maximum Gasteiger partial charge on any atom is 0.123 e. The van der Waals surface area contributed by atoms with Crippen molar-refractivity contribution in [1.29, 1.82) is 0 Å². The topological polar surface area (TPSA) is 20.2 Å². The van der Waals surface area contributed by atoms with Gasteiger partial charge >= 0.3 is 0 Å². The molecule has 0 aliphatic rings. The summed E-state index contributed by atoms with van der Waals surface area (Å²) >= 11 is 0. The monoisotopic (exact) mass is 182 g/mol. The van der Waals surface area contributed by atoms with E-state index < -0.39 is 0 Å². The van der Waals surface area contributed by atoms with Gasteiger partial charge in [-0.05, 0) is 43.0 Å². The molecule has 1 aromatic rings. The first-order valence-electron chi connectivity index (χ1n) is 4.56. The van der Waals surface area contributed by atoms with Crippen LogP contribution in [0.3, 0.4) is 0 Å². The van der Waals surface area contributed by atoms with Gasteiger partial charge in [0.15, 0.2) is 0 Å². The molecule has 1 rings (SSSR count). The first kappa shape index (κ1) is 10.2. The Labute approximate surface area is 78.2 Å². The average Bonchev–Trinajstić information content (AvgIpc) is 2.11. The van der Waals surface area contributed by atoms with E-state index in [-0.39, 0.29) is 11.9 Å². The largest absolute Gasteiger partial charge is 0.393 e. The minimum Gasteiger partial charge on any atom is -0.393 e. The molecule has 2 heteroatoms. The highest BCUT2D eigenvalue weighted by molar-refractivity contribution is 5.27. The first-order chi connectivity index (χ1) is 6.13. The lowest BCUT2D eigenvalue weighted by molar-refractivity contribution is 0.170. The zero-order chi connectivity index (χ0) is 9.84. The van der Waals surface area contributed by atoms with Gasteiger partial charge in [-0.1, -0.05) is 13.0 Å². The van der Waals surface area contributed by atoms with Crippen molar-refractivity contribution in [3.8, 4) is 0 Å². The van der Waals surface area contributed by atoms with E-state index >= 15 is 0 Å². The molecular weight excluding hydrogens is 167 g/mol. The van der Waals surface area contributed by atoms with Crippen LogP contribution in [0.25, 0.3) is 0 Å². The van der Waals surface area contributed by atoms with Gasteiger partial charge < -0.3 is 5.11 Å². The van der Waals surface area contributed by atoms with Crippen molar-refractivity contribution in [2.24, 2.45) is 0 Å². The van der Waals surface area contributed by atoms with Crippen LogP contribution in [0, 0.1) is 12.7 Å².